The number of hydrogen-bond donors (Lipinski definition) is 1. The molecule has 0 radical (unpaired) electrons. The van der Waals surface area contributed by atoms with E-state index >= 15 is 0 Å². The molecular weight excluding hydrogens is 236 g/mol. The van der Waals surface area contributed by atoms with Gasteiger partial charge in [0.1, 0.15) is 0 Å². The van der Waals surface area contributed by atoms with Crippen molar-refractivity contribution in [3.63, 3.8) is 0 Å². The van der Waals surface area contributed by atoms with E-state index in [1.165, 1.54) is 44.2 Å². The van der Waals surface area contributed by atoms with Gasteiger partial charge < -0.3 is 5.73 Å². The summed E-state index contributed by atoms with van der Waals surface area (Å²) >= 11 is 0. The van der Waals surface area contributed by atoms with Gasteiger partial charge in [-0.15, -0.1) is 0 Å². The quantitative estimate of drug-likeness (QED) is 0.899. The Balaban J connectivity index is 1.33. The van der Waals surface area contributed by atoms with Crippen molar-refractivity contribution in [3.05, 3.63) is 18.0 Å². The molecular formula is C15H24N4. The van der Waals surface area contributed by atoms with E-state index in [1.807, 2.05) is 0 Å². The first-order valence-electron chi connectivity index (χ1n) is 7.78. The maximum absolute atomic E-state index is 6.39. The van der Waals surface area contributed by atoms with E-state index in [0.717, 1.165) is 25.6 Å². The monoisotopic (exact) mass is 260 g/mol. The Hall–Kier alpha value is -0.870. The maximum atomic E-state index is 6.39. The van der Waals surface area contributed by atoms with Gasteiger partial charge in [-0.3, -0.25) is 9.58 Å². The fourth-order valence-corrected chi connectivity index (χ4v) is 3.88. The highest BCUT2D eigenvalue weighted by Crippen LogP contribution is 2.43. The number of nitrogens with zero attached hydrogens (tertiary/aromatic N) is 3. The van der Waals surface area contributed by atoms with Gasteiger partial charge in [-0.2, -0.15) is 5.10 Å². The first-order chi connectivity index (χ1) is 9.23. The van der Waals surface area contributed by atoms with Crippen molar-refractivity contribution in [3.8, 4) is 0 Å². The van der Waals surface area contributed by atoms with E-state index in [-0.39, 0.29) is 5.54 Å². The minimum atomic E-state index is 0.133. The highest BCUT2D eigenvalue weighted by atomic mass is 15.3. The number of hydrogen-bond acceptors (Lipinski definition) is 3. The van der Waals surface area contributed by atoms with Crippen molar-refractivity contribution in [1.82, 2.24) is 14.7 Å². The lowest BCUT2D eigenvalue weighted by molar-refractivity contribution is 0.0465. The number of rotatable bonds is 4. The first-order valence-corrected chi connectivity index (χ1v) is 7.78. The standard InChI is InChI=1S/C15H24N4/c16-15(12-5-6-12)10-18(11-15)9-13-7-8-19(17-13)14-3-1-2-4-14/h7-8,12,14H,1-6,9-11,16H2. The summed E-state index contributed by atoms with van der Waals surface area (Å²) in [6, 6.07) is 2.84. The third-order valence-electron chi connectivity index (χ3n) is 5.17. The van der Waals surface area contributed by atoms with Crippen molar-refractivity contribution in [1.29, 1.82) is 0 Å². The number of nitrogens with two attached hydrogens (primary N) is 1. The molecule has 2 saturated carbocycles. The van der Waals surface area contributed by atoms with Gasteiger partial charge in [0.05, 0.1) is 11.7 Å². The van der Waals surface area contributed by atoms with Crippen LogP contribution in [0.2, 0.25) is 0 Å². The Morgan fingerprint density at radius 2 is 1.95 bits per heavy atom. The molecule has 0 spiro atoms. The molecule has 4 rings (SSSR count). The van der Waals surface area contributed by atoms with Crippen LogP contribution < -0.4 is 5.73 Å². The Morgan fingerprint density at radius 3 is 2.63 bits per heavy atom. The summed E-state index contributed by atoms with van der Waals surface area (Å²) < 4.78 is 2.19. The highest BCUT2D eigenvalue weighted by Gasteiger charge is 2.50. The van der Waals surface area contributed by atoms with E-state index in [0.29, 0.717) is 6.04 Å². The zero-order chi connectivity index (χ0) is 12.9. The third-order valence-corrected chi connectivity index (χ3v) is 5.17. The fraction of sp³-hybridized carbons (Fsp3) is 0.800. The minimum absolute atomic E-state index is 0.133. The molecule has 3 fully saturated rings. The molecule has 2 heterocycles. The van der Waals surface area contributed by atoms with E-state index < -0.39 is 0 Å². The lowest BCUT2D eigenvalue weighted by atomic mass is 9.86. The van der Waals surface area contributed by atoms with Gasteiger partial charge in [-0.1, -0.05) is 12.8 Å². The molecule has 0 bridgehead atoms. The van der Waals surface area contributed by atoms with Gasteiger partial charge in [0.25, 0.3) is 0 Å². The second-order valence-electron chi connectivity index (χ2n) is 6.88. The SMILES string of the molecule is NC1(C2CC2)CN(Cc2ccn(C3CCCC3)n2)C1. The molecule has 1 aromatic heterocycles. The molecule has 0 amide bonds. The average Bonchev–Trinajstić information content (AvgIpc) is 2.89. The summed E-state index contributed by atoms with van der Waals surface area (Å²) in [7, 11) is 0. The smallest absolute Gasteiger partial charge is 0.0764 e. The van der Waals surface area contributed by atoms with Crippen LogP contribution in [-0.2, 0) is 6.54 Å². The van der Waals surface area contributed by atoms with E-state index in [2.05, 4.69) is 21.8 Å². The molecule has 104 valence electrons. The van der Waals surface area contributed by atoms with Crippen LogP contribution in [0.15, 0.2) is 12.3 Å². The molecule has 0 unspecified atom stereocenters. The summed E-state index contributed by atoms with van der Waals surface area (Å²) in [6.07, 6.45) is 10.2. The van der Waals surface area contributed by atoms with E-state index in [9.17, 15) is 0 Å². The summed E-state index contributed by atoms with van der Waals surface area (Å²) in [5.41, 5.74) is 7.74. The van der Waals surface area contributed by atoms with E-state index in [4.69, 9.17) is 10.8 Å². The Morgan fingerprint density at radius 1 is 1.21 bits per heavy atom. The summed E-state index contributed by atoms with van der Waals surface area (Å²) in [4.78, 5) is 2.44. The van der Waals surface area contributed by atoms with Gasteiger partial charge in [-0.25, -0.2) is 0 Å². The molecule has 4 heteroatoms. The summed E-state index contributed by atoms with van der Waals surface area (Å²) in [5, 5.41) is 4.76. The fourth-order valence-electron chi connectivity index (χ4n) is 3.88. The Labute approximate surface area is 115 Å². The lowest BCUT2D eigenvalue weighted by Crippen LogP contribution is -2.68. The molecule has 0 atom stereocenters. The second kappa shape index (κ2) is 4.32. The first kappa shape index (κ1) is 11.9. The normalized spacial score (nSPS) is 27.6. The van der Waals surface area contributed by atoms with E-state index in [1.54, 1.807) is 0 Å². The third kappa shape index (κ3) is 2.21. The van der Waals surface area contributed by atoms with Crippen LogP contribution in [0.3, 0.4) is 0 Å². The van der Waals surface area contributed by atoms with Gasteiger partial charge >= 0.3 is 0 Å². The van der Waals surface area contributed by atoms with Gasteiger partial charge in [-0.05, 0) is 37.7 Å². The number of aromatic nitrogens is 2. The van der Waals surface area contributed by atoms with Gasteiger partial charge in [0.2, 0.25) is 0 Å². The molecule has 1 saturated heterocycles. The van der Waals surface area contributed by atoms with Crippen molar-refractivity contribution in [2.45, 2.75) is 56.7 Å². The maximum Gasteiger partial charge on any atom is 0.0764 e. The molecule has 4 nitrogen and oxygen atoms in total. The zero-order valence-corrected chi connectivity index (χ0v) is 11.6. The average molecular weight is 260 g/mol. The van der Waals surface area contributed by atoms with Crippen molar-refractivity contribution in [2.75, 3.05) is 13.1 Å². The summed E-state index contributed by atoms with van der Waals surface area (Å²) in [6.45, 7) is 3.10. The predicted molar refractivity (Wildman–Crippen MR) is 74.7 cm³/mol. The Bertz CT molecular complexity index is 450. The summed E-state index contributed by atoms with van der Waals surface area (Å²) in [5.74, 6) is 0.805. The van der Waals surface area contributed by atoms with Crippen LogP contribution in [0.5, 0.6) is 0 Å². The molecule has 0 aromatic carbocycles. The van der Waals surface area contributed by atoms with Crippen LogP contribution in [0.25, 0.3) is 0 Å². The molecule has 1 aliphatic heterocycles. The Kier molecular flexibility index (Phi) is 2.71. The minimum Gasteiger partial charge on any atom is -0.323 e. The van der Waals surface area contributed by atoms with Crippen LogP contribution >= 0.6 is 0 Å². The molecule has 3 aliphatic rings. The zero-order valence-electron chi connectivity index (χ0n) is 11.6. The van der Waals surface area contributed by atoms with Crippen LogP contribution in [0.1, 0.15) is 50.3 Å². The van der Waals surface area contributed by atoms with Crippen molar-refractivity contribution >= 4 is 0 Å². The largest absolute Gasteiger partial charge is 0.323 e. The van der Waals surface area contributed by atoms with Crippen molar-refractivity contribution < 1.29 is 0 Å². The lowest BCUT2D eigenvalue weighted by Gasteiger charge is -2.48. The topological polar surface area (TPSA) is 47.1 Å². The van der Waals surface area contributed by atoms with Gasteiger partial charge in [0, 0.05) is 31.4 Å². The molecule has 2 N–H and O–H groups in total. The predicted octanol–water partition coefficient (Wildman–Crippen LogP) is 1.92. The molecule has 2 aliphatic carbocycles. The molecule has 19 heavy (non-hydrogen) atoms. The van der Waals surface area contributed by atoms with Crippen LogP contribution in [0, 0.1) is 5.92 Å². The highest BCUT2D eigenvalue weighted by molar-refractivity contribution is 5.11. The van der Waals surface area contributed by atoms with Crippen LogP contribution in [0.4, 0.5) is 0 Å². The van der Waals surface area contributed by atoms with Crippen molar-refractivity contribution in [2.24, 2.45) is 11.7 Å². The van der Waals surface area contributed by atoms with Crippen LogP contribution in [-0.4, -0.2) is 33.3 Å². The second-order valence-corrected chi connectivity index (χ2v) is 6.88. The number of likely N-dealkylation sites (tertiary alicyclic amines) is 1. The molecule has 1 aromatic rings. The van der Waals surface area contributed by atoms with Gasteiger partial charge in [0.15, 0.2) is 0 Å².